The molecule has 100 valence electrons. The molecule has 1 rings (SSSR count). The van der Waals surface area contributed by atoms with Crippen molar-refractivity contribution in [1.82, 2.24) is 4.90 Å². The number of carbonyl (C=O) groups excluding carboxylic acids is 1. The van der Waals surface area contributed by atoms with Crippen molar-refractivity contribution in [3.05, 3.63) is 0 Å². The Labute approximate surface area is 107 Å². The third-order valence-electron chi connectivity index (χ3n) is 4.00. The van der Waals surface area contributed by atoms with Gasteiger partial charge >= 0.3 is 0 Å². The molecule has 2 heteroatoms. The lowest BCUT2D eigenvalue weighted by atomic mass is 9.79. The van der Waals surface area contributed by atoms with Gasteiger partial charge in [0.2, 0.25) is 0 Å². The predicted octanol–water partition coefficient (Wildman–Crippen LogP) is 3.36. The molecule has 0 heterocycles. The van der Waals surface area contributed by atoms with E-state index in [9.17, 15) is 4.79 Å². The minimum atomic E-state index is 0.312. The van der Waals surface area contributed by atoms with Crippen molar-refractivity contribution in [3.63, 3.8) is 0 Å². The van der Waals surface area contributed by atoms with Crippen LogP contribution in [0, 0.1) is 17.8 Å². The molecule has 1 saturated carbocycles. The summed E-state index contributed by atoms with van der Waals surface area (Å²) in [7, 11) is 0. The van der Waals surface area contributed by atoms with Gasteiger partial charge in [-0.25, -0.2) is 0 Å². The highest BCUT2D eigenvalue weighted by atomic mass is 16.1. The van der Waals surface area contributed by atoms with Crippen LogP contribution in [0.25, 0.3) is 0 Å². The van der Waals surface area contributed by atoms with Gasteiger partial charge in [0.05, 0.1) is 0 Å². The topological polar surface area (TPSA) is 20.3 Å². The maximum Gasteiger partial charge on any atom is 0.137 e. The fourth-order valence-corrected chi connectivity index (χ4v) is 2.91. The van der Waals surface area contributed by atoms with E-state index in [1.165, 1.54) is 6.42 Å². The van der Waals surface area contributed by atoms with Gasteiger partial charge in [0.1, 0.15) is 5.78 Å². The normalized spacial score (nSPS) is 25.9. The molecule has 0 bridgehead atoms. The van der Waals surface area contributed by atoms with Crippen LogP contribution in [0.15, 0.2) is 0 Å². The second-order valence-corrected chi connectivity index (χ2v) is 5.96. The summed E-state index contributed by atoms with van der Waals surface area (Å²) in [6.45, 7) is 12.1. The molecule has 2 unspecified atom stereocenters. The zero-order chi connectivity index (χ0) is 12.8. The van der Waals surface area contributed by atoms with Crippen LogP contribution in [0.2, 0.25) is 0 Å². The van der Waals surface area contributed by atoms with Crippen LogP contribution < -0.4 is 0 Å². The fourth-order valence-electron chi connectivity index (χ4n) is 2.91. The third-order valence-corrected chi connectivity index (χ3v) is 4.00. The van der Waals surface area contributed by atoms with Crippen LogP contribution in [0.5, 0.6) is 0 Å². The fraction of sp³-hybridized carbons (Fsp3) is 0.933. The molecule has 0 spiro atoms. The zero-order valence-corrected chi connectivity index (χ0v) is 12.0. The van der Waals surface area contributed by atoms with Gasteiger partial charge in [0.15, 0.2) is 0 Å². The average molecular weight is 239 g/mol. The molecule has 17 heavy (non-hydrogen) atoms. The lowest BCUT2D eigenvalue weighted by molar-refractivity contribution is -0.126. The Morgan fingerprint density at radius 3 is 2.59 bits per heavy atom. The summed E-state index contributed by atoms with van der Waals surface area (Å²) in [6, 6.07) is 0. The quantitative estimate of drug-likeness (QED) is 0.708. The molecule has 0 aromatic carbocycles. The number of hydrogen-bond acceptors (Lipinski definition) is 2. The number of nitrogens with zero attached hydrogens (tertiary/aromatic N) is 1. The van der Waals surface area contributed by atoms with Gasteiger partial charge in [0.25, 0.3) is 0 Å². The van der Waals surface area contributed by atoms with E-state index in [1.807, 2.05) is 0 Å². The first kappa shape index (κ1) is 14.7. The van der Waals surface area contributed by atoms with E-state index in [2.05, 4.69) is 32.6 Å². The number of ketones is 1. The lowest BCUT2D eigenvalue weighted by Gasteiger charge is -2.32. The van der Waals surface area contributed by atoms with Crippen LogP contribution in [0.3, 0.4) is 0 Å². The van der Waals surface area contributed by atoms with Crippen LogP contribution in [0.1, 0.15) is 53.4 Å². The summed E-state index contributed by atoms with van der Waals surface area (Å²) in [5.41, 5.74) is 0. The van der Waals surface area contributed by atoms with Crippen LogP contribution in [0.4, 0.5) is 0 Å². The molecule has 1 aliphatic carbocycles. The SMILES string of the molecule is CCC1CCC(=O)C(CN(CC)CC(C)C)C1. The monoisotopic (exact) mass is 239 g/mol. The van der Waals surface area contributed by atoms with Gasteiger partial charge in [-0.3, -0.25) is 4.79 Å². The minimum absolute atomic E-state index is 0.312. The van der Waals surface area contributed by atoms with E-state index in [0.29, 0.717) is 17.6 Å². The summed E-state index contributed by atoms with van der Waals surface area (Å²) >= 11 is 0. The number of carbonyl (C=O) groups is 1. The Balaban J connectivity index is 2.48. The maximum absolute atomic E-state index is 12.0. The second kappa shape index (κ2) is 7.15. The van der Waals surface area contributed by atoms with Gasteiger partial charge in [-0.05, 0) is 31.2 Å². The van der Waals surface area contributed by atoms with Crippen molar-refractivity contribution in [2.24, 2.45) is 17.8 Å². The highest BCUT2D eigenvalue weighted by molar-refractivity contribution is 5.81. The van der Waals surface area contributed by atoms with Gasteiger partial charge < -0.3 is 4.90 Å². The first-order chi connectivity index (χ1) is 8.06. The molecule has 1 fully saturated rings. The Kier molecular flexibility index (Phi) is 6.18. The predicted molar refractivity (Wildman–Crippen MR) is 73.1 cm³/mol. The van der Waals surface area contributed by atoms with Crippen molar-refractivity contribution in [3.8, 4) is 0 Å². The van der Waals surface area contributed by atoms with E-state index >= 15 is 0 Å². The van der Waals surface area contributed by atoms with E-state index in [0.717, 1.165) is 44.8 Å². The van der Waals surface area contributed by atoms with Crippen LogP contribution >= 0.6 is 0 Å². The lowest BCUT2D eigenvalue weighted by Crippen LogP contribution is -2.38. The minimum Gasteiger partial charge on any atom is -0.303 e. The summed E-state index contributed by atoms with van der Waals surface area (Å²) < 4.78 is 0. The molecular weight excluding hydrogens is 210 g/mol. The average Bonchev–Trinajstić information content (AvgIpc) is 2.30. The Hall–Kier alpha value is -0.370. The summed E-state index contributed by atoms with van der Waals surface area (Å²) in [6.07, 6.45) is 4.31. The van der Waals surface area contributed by atoms with Crippen molar-refractivity contribution in [1.29, 1.82) is 0 Å². The standard InChI is InChI=1S/C15H29NO/c1-5-13-7-8-15(17)14(9-13)11-16(6-2)10-12(3)4/h12-14H,5-11H2,1-4H3. The van der Waals surface area contributed by atoms with E-state index < -0.39 is 0 Å². The Morgan fingerprint density at radius 1 is 1.35 bits per heavy atom. The summed E-state index contributed by atoms with van der Waals surface area (Å²) in [5.74, 6) is 2.30. The smallest absolute Gasteiger partial charge is 0.137 e. The molecule has 2 atom stereocenters. The molecule has 1 aliphatic rings. The van der Waals surface area contributed by atoms with Crippen LogP contribution in [-0.4, -0.2) is 30.3 Å². The number of rotatable bonds is 6. The molecule has 0 aliphatic heterocycles. The van der Waals surface area contributed by atoms with Crippen molar-refractivity contribution < 1.29 is 4.79 Å². The molecule has 0 radical (unpaired) electrons. The highest BCUT2D eigenvalue weighted by Gasteiger charge is 2.28. The largest absolute Gasteiger partial charge is 0.303 e. The second-order valence-electron chi connectivity index (χ2n) is 5.96. The maximum atomic E-state index is 12.0. The molecule has 0 aromatic rings. The molecule has 0 saturated heterocycles. The Morgan fingerprint density at radius 2 is 2.06 bits per heavy atom. The number of hydrogen-bond donors (Lipinski definition) is 0. The van der Waals surface area contributed by atoms with Crippen molar-refractivity contribution >= 4 is 5.78 Å². The molecule has 0 aromatic heterocycles. The highest BCUT2D eigenvalue weighted by Crippen LogP contribution is 2.29. The first-order valence-corrected chi connectivity index (χ1v) is 7.31. The van der Waals surface area contributed by atoms with E-state index in [-0.39, 0.29) is 0 Å². The van der Waals surface area contributed by atoms with E-state index in [4.69, 9.17) is 0 Å². The molecule has 2 nitrogen and oxygen atoms in total. The summed E-state index contributed by atoms with van der Waals surface area (Å²) in [4.78, 5) is 14.4. The van der Waals surface area contributed by atoms with Gasteiger partial charge in [-0.1, -0.05) is 34.1 Å². The molecular formula is C15H29NO. The molecule has 0 amide bonds. The summed E-state index contributed by atoms with van der Waals surface area (Å²) in [5, 5.41) is 0. The van der Waals surface area contributed by atoms with Crippen molar-refractivity contribution in [2.45, 2.75) is 53.4 Å². The third kappa shape index (κ3) is 4.79. The number of Topliss-reactive ketones (excluding diaryl/α,β-unsaturated/α-hetero) is 1. The van der Waals surface area contributed by atoms with Gasteiger partial charge in [-0.15, -0.1) is 0 Å². The first-order valence-electron chi connectivity index (χ1n) is 7.31. The van der Waals surface area contributed by atoms with Gasteiger partial charge in [0, 0.05) is 25.4 Å². The van der Waals surface area contributed by atoms with Crippen LogP contribution in [-0.2, 0) is 4.79 Å². The van der Waals surface area contributed by atoms with E-state index in [1.54, 1.807) is 0 Å². The Bertz CT molecular complexity index is 237. The van der Waals surface area contributed by atoms with Gasteiger partial charge in [-0.2, -0.15) is 0 Å². The molecule has 0 N–H and O–H groups in total. The zero-order valence-electron chi connectivity index (χ0n) is 12.0. The van der Waals surface area contributed by atoms with Crippen molar-refractivity contribution in [2.75, 3.05) is 19.6 Å².